The van der Waals surface area contributed by atoms with E-state index in [2.05, 4.69) is 15.5 Å². The molecule has 3 rings (SSSR count). The van der Waals surface area contributed by atoms with Crippen molar-refractivity contribution in [2.45, 2.75) is 10.9 Å². The van der Waals surface area contributed by atoms with Crippen LogP contribution in [-0.2, 0) is 5.75 Å². The molecule has 1 aromatic heterocycles. The highest BCUT2D eigenvalue weighted by Crippen LogP contribution is 2.31. The lowest BCUT2D eigenvalue weighted by atomic mass is 10.2. The van der Waals surface area contributed by atoms with Crippen LogP contribution in [0.25, 0.3) is 5.69 Å². The molecule has 3 aromatic rings. The number of ether oxygens (including phenoxy) is 1. The molecule has 23 heavy (non-hydrogen) atoms. The molecule has 0 aliphatic heterocycles. The highest BCUT2D eigenvalue weighted by molar-refractivity contribution is 7.98. The number of methoxy groups -OCH3 is 1. The molecule has 0 radical (unpaired) electrons. The van der Waals surface area contributed by atoms with Crippen molar-refractivity contribution in [1.82, 2.24) is 20.2 Å². The molecular formula is C15H12Cl2N4OS. The predicted molar refractivity (Wildman–Crippen MR) is 91.7 cm³/mol. The first-order valence-corrected chi connectivity index (χ1v) is 8.41. The van der Waals surface area contributed by atoms with Crippen LogP contribution in [0.15, 0.2) is 47.6 Å². The first-order chi connectivity index (χ1) is 11.2. The molecule has 0 bridgehead atoms. The zero-order chi connectivity index (χ0) is 16.2. The third kappa shape index (κ3) is 3.60. The highest BCUT2D eigenvalue weighted by Gasteiger charge is 2.12. The number of hydrogen-bond acceptors (Lipinski definition) is 5. The zero-order valence-corrected chi connectivity index (χ0v) is 14.4. The fraction of sp³-hybridized carbons (Fsp3) is 0.133. The molecule has 0 saturated heterocycles. The van der Waals surface area contributed by atoms with Gasteiger partial charge < -0.3 is 4.74 Å². The second kappa shape index (κ2) is 7.21. The second-order valence-electron chi connectivity index (χ2n) is 4.56. The number of aromatic nitrogens is 4. The Bertz CT molecular complexity index is 787. The SMILES string of the molecule is COc1ccc(-n2nnnc2SCc2c(Cl)cccc2Cl)cc1. The molecule has 118 valence electrons. The second-order valence-corrected chi connectivity index (χ2v) is 6.32. The van der Waals surface area contributed by atoms with Crippen LogP contribution in [0.4, 0.5) is 0 Å². The normalized spacial score (nSPS) is 10.7. The fourth-order valence-corrected chi connectivity index (χ4v) is 3.59. The van der Waals surface area contributed by atoms with E-state index in [0.717, 1.165) is 17.0 Å². The molecule has 0 amide bonds. The summed E-state index contributed by atoms with van der Waals surface area (Å²) in [5, 5.41) is 13.8. The van der Waals surface area contributed by atoms with Crippen molar-refractivity contribution in [1.29, 1.82) is 0 Å². The first kappa shape index (κ1) is 16.1. The van der Waals surface area contributed by atoms with Gasteiger partial charge in [-0.1, -0.05) is 41.0 Å². The standard InChI is InChI=1S/C15H12Cl2N4OS/c1-22-11-7-5-10(6-8-11)21-15(18-19-20-21)23-9-12-13(16)3-2-4-14(12)17/h2-8H,9H2,1H3. The maximum absolute atomic E-state index is 6.19. The number of halogens is 2. The number of benzene rings is 2. The summed E-state index contributed by atoms with van der Waals surface area (Å²) in [6, 6.07) is 12.9. The smallest absolute Gasteiger partial charge is 0.214 e. The fourth-order valence-electron chi connectivity index (χ4n) is 1.96. The van der Waals surface area contributed by atoms with Crippen molar-refractivity contribution in [2.75, 3.05) is 7.11 Å². The predicted octanol–water partition coefficient (Wildman–Crippen LogP) is 4.27. The van der Waals surface area contributed by atoms with E-state index in [9.17, 15) is 0 Å². The molecule has 0 saturated carbocycles. The van der Waals surface area contributed by atoms with Gasteiger partial charge in [0.15, 0.2) is 0 Å². The number of tetrazole rings is 1. The molecule has 1 heterocycles. The Morgan fingerprint density at radius 3 is 2.43 bits per heavy atom. The van der Waals surface area contributed by atoms with Crippen LogP contribution >= 0.6 is 35.0 Å². The maximum Gasteiger partial charge on any atom is 0.214 e. The minimum atomic E-state index is 0.578. The van der Waals surface area contributed by atoms with E-state index in [1.54, 1.807) is 11.8 Å². The molecular weight excluding hydrogens is 355 g/mol. The minimum Gasteiger partial charge on any atom is -0.497 e. The summed E-state index contributed by atoms with van der Waals surface area (Å²) in [6.07, 6.45) is 0. The summed E-state index contributed by atoms with van der Waals surface area (Å²) < 4.78 is 6.81. The number of nitrogens with zero attached hydrogens (tertiary/aromatic N) is 4. The van der Waals surface area contributed by atoms with E-state index in [1.807, 2.05) is 42.5 Å². The van der Waals surface area contributed by atoms with E-state index in [4.69, 9.17) is 27.9 Å². The van der Waals surface area contributed by atoms with Gasteiger partial charge in [-0.3, -0.25) is 0 Å². The monoisotopic (exact) mass is 366 g/mol. The average molecular weight is 367 g/mol. The Morgan fingerprint density at radius 2 is 1.78 bits per heavy atom. The van der Waals surface area contributed by atoms with Gasteiger partial charge in [0.2, 0.25) is 5.16 Å². The number of hydrogen-bond donors (Lipinski definition) is 0. The third-order valence-corrected chi connectivity index (χ3v) is 4.82. The third-order valence-electron chi connectivity index (χ3n) is 3.17. The van der Waals surface area contributed by atoms with E-state index >= 15 is 0 Å². The van der Waals surface area contributed by atoms with Gasteiger partial charge in [0.25, 0.3) is 0 Å². The van der Waals surface area contributed by atoms with Crippen molar-refractivity contribution in [3.8, 4) is 11.4 Å². The van der Waals surface area contributed by atoms with Crippen molar-refractivity contribution >= 4 is 35.0 Å². The first-order valence-electron chi connectivity index (χ1n) is 6.67. The van der Waals surface area contributed by atoms with Crippen LogP contribution in [0, 0.1) is 0 Å². The van der Waals surface area contributed by atoms with Crippen LogP contribution in [-0.4, -0.2) is 27.3 Å². The Kier molecular flexibility index (Phi) is 5.05. The summed E-state index contributed by atoms with van der Waals surface area (Å²) in [6.45, 7) is 0. The average Bonchev–Trinajstić information content (AvgIpc) is 3.03. The van der Waals surface area contributed by atoms with Crippen molar-refractivity contribution in [2.24, 2.45) is 0 Å². The molecule has 0 aliphatic carbocycles. The quantitative estimate of drug-likeness (QED) is 0.631. The van der Waals surface area contributed by atoms with E-state index in [0.29, 0.717) is 21.0 Å². The van der Waals surface area contributed by atoms with Gasteiger partial charge in [0.1, 0.15) is 5.75 Å². The summed E-state index contributed by atoms with van der Waals surface area (Å²) in [7, 11) is 1.63. The summed E-state index contributed by atoms with van der Waals surface area (Å²) in [4.78, 5) is 0. The Hall–Kier alpha value is -1.76. The lowest BCUT2D eigenvalue weighted by Crippen LogP contribution is -1.99. The van der Waals surface area contributed by atoms with Crippen molar-refractivity contribution in [3.05, 3.63) is 58.1 Å². The minimum absolute atomic E-state index is 0.578. The molecule has 0 spiro atoms. The van der Waals surface area contributed by atoms with E-state index in [1.165, 1.54) is 11.8 Å². The number of rotatable bonds is 5. The van der Waals surface area contributed by atoms with Gasteiger partial charge >= 0.3 is 0 Å². The summed E-state index contributed by atoms with van der Waals surface area (Å²) >= 11 is 13.8. The van der Waals surface area contributed by atoms with Gasteiger partial charge in [-0.2, -0.15) is 4.68 Å². The summed E-state index contributed by atoms with van der Waals surface area (Å²) in [5.41, 5.74) is 1.72. The molecule has 5 nitrogen and oxygen atoms in total. The highest BCUT2D eigenvalue weighted by atomic mass is 35.5. The lowest BCUT2D eigenvalue weighted by molar-refractivity contribution is 0.414. The Morgan fingerprint density at radius 1 is 1.09 bits per heavy atom. The van der Waals surface area contributed by atoms with Crippen LogP contribution in [0.5, 0.6) is 5.75 Å². The molecule has 0 atom stereocenters. The maximum atomic E-state index is 6.19. The Labute approximate surface area is 147 Å². The van der Waals surface area contributed by atoms with E-state index in [-0.39, 0.29) is 0 Å². The molecule has 0 fully saturated rings. The molecule has 2 aromatic carbocycles. The van der Waals surface area contributed by atoms with Gasteiger partial charge in [-0.05, 0) is 52.4 Å². The van der Waals surface area contributed by atoms with Crippen molar-refractivity contribution in [3.63, 3.8) is 0 Å². The van der Waals surface area contributed by atoms with Crippen LogP contribution in [0.3, 0.4) is 0 Å². The van der Waals surface area contributed by atoms with Crippen LogP contribution < -0.4 is 4.74 Å². The molecule has 0 unspecified atom stereocenters. The largest absolute Gasteiger partial charge is 0.497 e. The number of thioether (sulfide) groups is 1. The zero-order valence-electron chi connectivity index (χ0n) is 12.1. The van der Waals surface area contributed by atoms with Gasteiger partial charge in [-0.15, -0.1) is 5.10 Å². The Balaban J connectivity index is 1.81. The molecule has 0 N–H and O–H groups in total. The lowest BCUT2D eigenvalue weighted by Gasteiger charge is -2.07. The van der Waals surface area contributed by atoms with Gasteiger partial charge in [0, 0.05) is 15.8 Å². The van der Waals surface area contributed by atoms with Gasteiger partial charge in [0.05, 0.1) is 12.8 Å². The van der Waals surface area contributed by atoms with Crippen LogP contribution in [0.1, 0.15) is 5.56 Å². The molecule has 0 aliphatic rings. The molecule has 8 heteroatoms. The van der Waals surface area contributed by atoms with E-state index < -0.39 is 0 Å². The van der Waals surface area contributed by atoms with Gasteiger partial charge in [-0.25, -0.2) is 0 Å². The van der Waals surface area contributed by atoms with Crippen LogP contribution in [0.2, 0.25) is 10.0 Å². The topological polar surface area (TPSA) is 52.8 Å². The summed E-state index contributed by atoms with van der Waals surface area (Å²) in [5.74, 6) is 1.36. The van der Waals surface area contributed by atoms with Crippen molar-refractivity contribution < 1.29 is 4.74 Å².